The number of carbonyl (C=O) groups excluding carboxylic acids is 3. The fourth-order valence-corrected chi connectivity index (χ4v) is 3.26. The van der Waals surface area contributed by atoms with Gasteiger partial charge in [0, 0.05) is 13.0 Å². The summed E-state index contributed by atoms with van der Waals surface area (Å²) in [5.41, 5.74) is 1.65. The monoisotopic (exact) mass is 350 g/mol. The van der Waals surface area contributed by atoms with Gasteiger partial charge in [0.2, 0.25) is 11.8 Å². The van der Waals surface area contributed by atoms with E-state index in [0.29, 0.717) is 25.1 Å². The predicted octanol–water partition coefficient (Wildman–Crippen LogP) is 2.80. The highest BCUT2D eigenvalue weighted by Gasteiger charge is 2.43. The molecular weight excluding hydrogens is 328 g/mol. The van der Waals surface area contributed by atoms with Crippen molar-refractivity contribution in [1.82, 2.24) is 4.90 Å². The maximum absolute atomic E-state index is 12.9. The van der Waals surface area contributed by atoms with Gasteiger partial charge in [0.25, 0.3) is 5.91 Å². The summed E-state index contributed by atoms with van der Waals surface area (Å²) in [5.74, 6) is -0.696. The summed E-state index contributed by atoms with van der Waals surface area (Å²) < 4.78 is 0. The zero-order valence-electron chi connectivity index (χ0n) is 14.8. The molecule has 134 valence electrons. The highest BCUT2D eigenvalue weighted by Crippen LogP contribution is 2.26. The molecule has 0 aliphatic carbocycles. The molecule has 0 radical (unpaired) electrons. The smallest absolute Gasteiger partial charge is 0.257 e. The number of anilines is 1. The lowest BCUT2D eigenvalue weighted by Crippen LogP contribution is -2.46. The van der Waals surface area contributed by atoms with E-state index in [1.807, 2.05) is 36.4 Å². The van der Waals surface area contributed by atoms with Crippen LogP contribution < -0.4 is 4.90 Å². The molecule has 0 N–H and O–H groups in total. The Morgan fingerprint density at radius 1 is 1.04 bits per heavy atom. The molecule has 0 spiro atoms. The molecule has 1 aliphatic rings. The molecule has 0 saturated carbocycles. The van der Waals surface area contributed by atoms with Crippen molar-refractivity contribution in [1.29, 1.82) is 0 Å². The Labute approximate surface area is 153 Å². The van der Waals surface area contributed by atoms with Gasteiger partial charge in [0.15, 0.2) is 0 Å². The summed E-state index contributed by atoms with van der Waals surface area (Å²) in [7, 11) is 0. The molecule has 1 fully saturated rings. The zero-order chi connectivity index (χ0) is 18.5. The van der Waals surface area contributed by atoms with Crippen molar-refractivity contribution in [3.8, 4) is 0 Å². The predicted molar refractivity (Wildman–Crippen MR) is 99.5 cm³/mol. The number of imide groups is 1. The number of hydrogen-bond donors (Lipinski definition) is 0. The fourth-order valence-electron chi connectivity index (χ4n) is 3.26. The molecule has 5 nitrogen and oxygen atoms in total. The van der Waals surface area contributed by atoms with Gasteiger partial charge in [-0.1, -0.05) is 55.5 Å². The van der Waals surface area contributed by atoms with Crippen LogP contribution in [0.1, 0.15) is 25.3 Å². The van der Waals surface area contributed by atoms with Crippen molar-refractivity contribution in [2.75, 3.05) is 11.4 Å². The number of para-hydroxylation sites is 1. The summed E-state index contributed by atoms with van der Waals surface area (Å²) in [6.45, 7) is 2.19. The van der Waals surface area contributed by atoms with Gasteiger partial charge in [0.05, 0.1) is 12.1 Å². The van der Waals surface area contributed by atoms with Crippen molar-refractivity contribution in [2.45, 2.75) is 32.2 Å². The summed E-state index contributed by atoms with van der Waals surface area (Å²) >= 11 is 0. The summed E-state index contributed by atoms with van der Waals surface area (Å²) in [6, 6.07) is 18.0. The Bertz CT molecular complexity index is 789. The molecule has 1 saturated heterocycles. The number of amides is 3. The van der Waals surface area contributed by atoms with Crippen LogP contribution in [0.4, 0.5) is 5.69 Å². The number of hydrogen-bond acceptors (Lipinski definition) is 3. The second kappa shape index (κ2) is 7.95. The molecule has 2 aromatic rings. The molecule has 2 aromatic carbocycles. The minimum atomic E-state index is -0.723. The molecule has 3 amide bonds. The van der Waals surface area contributed by atoms with E-state index in [1.165, 1.54) is 4.90 Å². The summed E-state index contributed by atoms with van der Waals surface area (Å²) in [5, 5.41) is 0. The lowest BCUT2D eigenvalue weighted by molar-refractivity contribution is -0.138. The first kappa shape index (κ1) is 17.9. The Morgan fingerprint density at radius 2 is 1.65 bits per heavy atom. The van der Waals surface area contributed by atoms with E-state index in [0.717, 1.165) is 5.56 Å². The topological polar surface area (TPSA) is 57.7 Å². The van der Waals surface area contributed by atoms with Crippen molar-refractivity contribution >= 4 is 23.4 Å². The third kappa shape index (κ3) is 3.67. The quantitative estimate of drug-likeness (QED) is 0.753. The van der Waals surface area contributed by atoms with Crippen LogP contribution in [-0.4, -0.2) is 35.2 Å². The van der Waals surface area contributed by atoms with E-state index in [1.54, 1.807) is 36.1 Å². The van der Waals surface area contributed by atoms with Crippen LogP contribution in [0.2, 0.25) is 0 Å². The molecule has 3 rings (SSSR count). The molecule has 0 bridgehead atoms. The van der Waals surface area contributed by atoms with Crippen molar-refractivity contribution < 1.29 is 14.4 Å². The Morgan fingerprint density at radius 3 is 2.27 bits per heavy atom. The van der Waals surface area contributed by atoms with Gasteiger partial charge >= 0.3 is 0 Å². The average molecular weight is 350 g/mol. The molecule has 1 atom stereocenters. The van der Waals surface area contributed by atoms with Crippen molar-refractivity contribution in [3.63, 3.8) is 0 Å². The minimum absolute atomic E-state index is 0.0360. The van der Waals surface area contributed by atoms with Gasteiger partial charge in [-0.25, -0.2) is 4.90 Å². The number of benzene rings is 2. The standard InChI is InChI=1S/C21H22N2O3/c1-2-19(24)22(14-13-16-9-5-3-6-10-16)18-15-20(25)23(21(18)26)17-11-7-4-8-12-17/h3-12,18H,2,13-15H2,1H3/t18-/m1/s1. The highest BCUT2D eigenvalue weighted by molar-refractivity contribution is 6.23. The van der Waals surface area contributed by atoms with Crippen LogP contribution in [-0.2, 0) is 20.8 Å². The third-order valence-electron chi connectivity index (χ3n) is 4.62. The van der Waals surface area contributed by atoms with Crippen molar-refractivity contribution in [3.05, 3.63) is 66.2 Å². The highest BCUT2D eigenvalue weighted by atomic mass is 16.2. The molecular formula is C21H22N2O3. The van der Waals surface area contributed by atoms with Crippen LogP contribution in [0.5, 0.6) is 0 Å². The molecule has 1 heterocycles. The largest absolute Gasteiger partial charge is 0.330 e. The van der Waals surface area contributed by atoms with Gasteiger partial charge in [-0.3, -0.25) is 14.4 Å². The Kier molecular flexibility index (Phi) is 5.46. The first-order chi connectivity index (χ1) is 12.6. The fraction of sp³-hybridized carbons (Fsp3) is 0.286. The van der Waals surface area contributed by atoms with E-state index in [4.69, 9.17) is 0 Å². The Balaban J connectivity index is 1.79. The van der Waals surface area contributed by atoms with Gasteiger partial charge < -0.3 is 4.90 Å². The molecule has 0 aromatic heterocycles. The van der Waals surface area contributed by atoms with Crippen molar-refractivity contribution in [2.24, 2.45) is 0 Å². The number of rotatable bonds is 6. The first-order valence-corrected chi connectivity index (χ1v) is 8.87. The average Bonchev–Trinajstić information content (AvgIpc) is 2.97. The van der Waals surface area contributed by atoms with Crippen LogP contribution in [0.3, 0.4) is 0 Å². The van der Waals surface area contributed by atoms with E-state index >= 15 is 0 Å². The first-order valence-electron chi connectivity index (χ1n) is 8.87. The van der Waals surface area contributed by atoms with Crippen LogP contribution >= 0.6 is 0 Å². The second-order valence-electron chi connectivity index (χ2n) is 6.30. The van der Waals surface area contributed by atoms with Gasteiger partial charge in [-0.15, -0.1) is 0 Å². The van der Waals surface area contributed by atoms with E-state index in [9.17, 15) is 14.4 Å². The molecule has 0 unspecified atom stereocenters. The zero-order valence-corrected chi connectivity index (χ0v) is 14.8. The van der Waals surface area contributed by atoms with E-state index in [-0.39, 0.29) is 24.1 Å². The minimum Gasteiger partial charge on any atom is -0.330 e. The van der Waals surface area contributed by atoms with E-state index in [2.05, 4.69) is 0 Å². The van der Waals surface area contributed by atoms with Crippen LogP contribution in [0.25, 0.3) is 0 Å². The number of carbonyl (C=O) groups is 3. The van der Waals surface area contributed by atoms with Gasteiger partial charge in [-0.05, 0) is 24.1 Å². The SMILES string of the molecule is CCC(=O)N(CCc1ccccc1)[C@@H]1CC(=O)N(c2ccccc2)C1=O. The molecule has 5 heteroatoms. The van der Waals surface area contributed by atoms with Crippen LogP contribution in [0.15, 0.2) is 60.7 Å². The van der Waals surface area contributed by atoms with Gasteiger partial charge in [-0.2, -0.15) is 0 Å². The maximum Gasteiger partial charge on any atom is 0.257 e. The second-order valence-corrected chi connectivity index (χ2v) is 6.30. The van der Waals surface area contributed by atoms with Gasteiger partial charge in [0.1, 0.15) is 6.04 Å². The molecule has 26 heavy (non-hydrogen) atoms. The third-order valence-corrected chi connectivity index (χ3v) is 4.62. The maximum atomic E-state index is 12.9. The van der Waals surface area contributed by atoms with E-state index < -0.39 is 6.04 Å². The molecule has 1 aliphatic heterocycles. The van der Waals surface area contributed by atoms with Crippen LogP contribution in [0, 0.1) is 0 Å². The lowest BCUT2D eigenvalue weighted by atomic mass is 10.1. The lowest BCUT2D eigenvalue weighted by Gasteiger charge is -2.27. The number of nitrogens with zero attached hydrogens (tertiary/aromatic N) is 2. The normalized spacial score (nSPS) is 16.8. The summed E-state index contributed by atoms with van der Waals surface area (Å²) in [6.07, 6.45) is 0.988. The summed E-state index contributed by atoms with van der Waals surface area (Å²) in [4.78, 5) is 40.6. The Hall–Kier alpha value is -2.95.